The summed E-state index contributed by atoms with van der Waals surface area (Å²) in [6.07, 6.45) is 4.78. The van der Waals surface area contributed by atoms with Crippen LogP contribution in [-0.2, 0) is 19.3 Å². The summed E-state index contributed by atoms with van der Waals surface area (Å²) in [5.74, 6) is 0.907. The maximum absolute atomic E-state index is 4.75. The van der Waals surface area contributed by atoms with Gasteiger partial charge >= 0.3 is 0 Å². The van der Waals surface area contributed by atoms with Crippen LogP contribution < -0.4 is 5.32 Å². The second kappa shape index (κ2) is 6.48. The predicted molar refractivity (Wildman–Crippen MR) is 77.7 cm³/mol. The van der Waals surface area contributed by atoms with Crippen molar-refractivity contribution in [3.63, 3.8) is 0 Å². The highest BCUT2D eigenvalue weighted by molar-refractivity contribution is 5.34. The second-order valence-electron chi connectivity index (χ2n) is 4.53. The molecule has 4 heteroatoms. The van der Waals surface area contributed by atoms with E-state index in [9.17, 15) is 0 Å². The second-order valence-corrected chi connectivity index (χ2v) is 4.53. The molecule has 0 spiro atoms. The first kappa shape index (κ1) is 13.7. The average molecular weight is 258 g/mol. The molecule has 2 heterocycles. The van der Waals surface area contributed by atoms with E-state index in [0.29, 0.717) is 0 Å². The Morgan fingerprint density at radius 3 is 2.63 bits per heavy atom. The smallest absolute Gasteiger partial charge is 0.153 e. The molecule has 0 saturated heterocycles. The van der Waals surface area contributed by atoms with Crippen molar-refractivity contribution in [1.29, 1.82) is 0 Å². The van der Waals surface area contributed by atoms with Gasteiger partial charge in [0.1, 0.15) is 0 Å². The molecular weight excluding hydrogens is 236 g/mol. The van der Waals surface area contributed by atoms with Gasteiger partial charge in [-0.25, -0.2) is 9.67 Å². The van der Waals surface area contributed by atoms with E-state index in [1.807, 2.05) is 36.1 Å². The number of rotatable bonds is 6. The number of aryl methyl sites for hydroxylation is 1. The van der Waals surface area contributed by atoms with Gasteiger partial charge in [0.2, 0.25) is 0 Å². The summed E-state index contributed by atoms with van der Waals surface area (Å²) >= 11 is 0. The summed E-state index contributed by atoms with van der Waals surface area (Å²) in [5.41, 5.74) is 3.86. The van der Waals surface area contributed by atoms with Crippen LogP contribution >= 0.6 is 0 Å². The van der Waals surface area contributed by atoms with Crippen LogP contribution in [0.5, 0.6) is 0 Å². The summed E-state index contributed by atoms with van der Waals surface area (Å²) in [6.45, 7) is 5.32. The Bertz CT molecular complexity index is 516. The Balaban J connectivity index is 2.47. The zero-order valence-electron chi connectivity index (χ0n) is 12.0. The Kier molecular flexibility index (Phi) is 4.68. The molecule has 1 N–H and O–H groups in total. The molecular formula is C15H22N4. The molecule has 0 unspecified atom stereocenters. The van der Waals surface area contributed by atoms with Crippen LogP contribution in [0.2, 0.25) is 0 Å². The van der Waals surface area contributed by atoms with Crippen molar-refractivity contribution in [3.8, 4) is 5.82 Å². The van der Waals surface area contributed by atoms with Crippen molar-refractivity contribution in [2.45, 2.75) is 33.1 Å². The van der Waals surface area contributed by atoms with Gasteiger partial charge in [0.05, 0.1) is 5.69 Å². The number of nitrogens with one attached hydrogen (secondary N) is 1. The van der Waals surface area contributed by atoms with Gasteiger partial charge in [0, 0.05) is 11.9 Å². The lowest BCUT2D eigenvalue weighted by molar-refractivity contribution is 0.763. The Morgan fingerprint density at radius 1 is 1.21 bits per heavy atom. The number of hydrogen-bond acceptors (Lipinski definition) is 3. The van der Waals surface area contributed by atoms with E-state index in [-0.39, 0.29) is 0 Å². The fourth-order valence-electron chi connectivity index (χ4n) is 2.39. The van der Waals surface area contributed by atoms with Gasteiger partial charge in [-0.3, -0.25) is 0 Å². The zero-order valence-corrected chi connectivity index (χ0v) is 12.0. The lowest BCUT2D eigenvalue weighted by Gasteiger charge is -2.07. The molecule has 0 aromatic carbocycles. The van der Waals surface area contributed by atoms with E-state index in [0.717, 1.165) is 31.6 Å². The molecule has 19 heavy (non-hydrogen) atoms. The topological polar surface area (TPSA) is 42.7 Å². The van der Waals surface area contributed by atoms with Crippen LogP contribution in [0.15, 0.2) is 24.4 Å². The molecule has 0 atom stereocenters. The number of pyridine rings is 1. The van der Waals surface area contributed by atoms with Crippen molar-refractivity contribution in [1.82, 2.24) is 20.1 Å². The SMILES string of the molecule is CCc1nn(-c2ccccn2)c(CC)c1CCNC. The van der Waals surface area contributed by atoms with E-state index < -0.39 is 0 Å². The quantitative estimate of drug-likeness (QED) is 0.863. The molecule has 0 aliphatic heterocycles. The summed E-state index contributed by atoms with van der Waals surface area (Å²) in [4.78, 5) is 4.41. The van der Waals surface area contributed by atoms with E-state index in [2.05, 4.69) is 24.1 Å². The summed E-state index contributed by atoms with van der Waals surface area (Å²) in [5, 5.41) is 7.96. The van der Waals surface area contributed by atoms with E-state index >= 15 is 0 Å². The van der Waals surface area contributed by atoms with Crippen LogP contribution in [0.3, 0.4) is 0 Å². The molecule has 0 amide bonds. The molecule has 0 bridgehead atoms. The zero-order chi connectivity index (χ0) is 13.7. The van der Waals surface area contributed by atoms with Crippen molar-refractivity contribution in [2.75, 3.05) is 13.6 Å². The Labute approximate surface area is 114 Å². The third-order valence-electron chi connectivity index (χ3n) is 3.33. The molecule has 0 fully saturated rings. The van der Waals surface area contributed by atoms with Crippen molar-refractivity contribution in [3.05, 3.63) is 41.3 Å². The molecule has 0 aliphatic carbocycles. The van der Waals surface area contributed by atoms with E-state index in [1.54, 1.807) is 0 Å². The minimum Gasteiger partial charge on any atom is -0.319 e. The number of hydrogen-bond donors (Lipinski definition) is 1. The first-order valence-electron chi connectivity index (χ1n) is 6.97. The standard InChI is InChI=1S/C15H22N4/c1-4-13-12(9-11-16-3)14(5-2)19(18-13)15-8-6-7-10-17-15/h6-8,10,16H,4-5,9,11H2,1-3H3. The summed E-state index contributed by atoms with van der Waals surface area (Å²) < 4.78 is 2.00. The highest BCUT2D eigenvalue weighted by Crippen LogP contribution is 2.19. The van der Waals surface area contributed by atoms with E-state index in [1.165, 1.54) is 17.0 Å². The largest absolute Gasteiger partial charge is 0.319 e. The maximum atomic E-state index is 4.75. The summed E-state index contributed by atoms with van der Waals surface area (Å²) in [6, 6.07) is 5.94. The molecule has 0 radical (unpaired) electrons. The van der Waals surface area contributed by atoms with Gasteiger partial charge in [-0.15, -0.1) is 0 Å². The number of aromatic nitrogens is 3. The number of likely N-dealkylation sites (N-methyl/N-ethyl adjacent to an activating group) is 1. The maximum Gasteiger partial charge on any atom is 0.153 e. The molecule has 2 rings (SSSR count). The normalized spacial score (nSPS) is 10.9. The van der Waals surface area contributed by atoms with Crippen LogP contribution in [0.25, 0.3) is 5.82 Å². The highest BCUT2D eigenvalue weighted by Gasteiger charge is 2.16. The fraction of sp³-hybridized carbons (Fsp3) is 0.467. The van der Waals surface area contributed by atoms with Crippen LogP contribution in [-0.4, -0.2) is 28.4 Å². The molecule has 2 aromatic rings. The van der Waals surface area contributed by atoms with Crippen LogP contribution in [0.4, 0.5) is 0 Å². The van der Waals surface area contributed by atoms with Gasteiger partial charge in [-0.1, -0.05) is 19.9 Å². The predicted octanol–water partition coefficient (Wildman–Crippen LogP) is 2.15. The van der Waals surface area contributed by atoms with Gasteiger partial charge in [-0.05, 0) is 50.6 Å². The van der Waals surface area contributed by atoms with Gasteiger partial charge < -0.3 is 5.32 Å². The van der Waals surface area contributed by atoms with Gasteiger partial charge in [-0.2, -0.15) is 5.10 Å². The minimum absolute atomic E-state index is 0.907. The first-order chi connectivity index (χ1) is 9.31. The first-order valence-corrected chi connectivity index (χ1v) is 6.97. The average Bonchev–Trinajstić information content (AvgIpc) is 2.83. The monoisotopic (exact) mass is 258 g/mol. The third kappa shape index (κ3) is 2.84. The number of nitrogens with zero attached hydrogens (tertiary/aromatic N) is 3. The van der Waals surface area contributed by atoms with Crippen LogP contribution in [0.1, 0.15) is 30.8 Å². The minimum atomic E-state index is 0.907. The summed E-state index contributed by atoms with van der Waals surface area (Å²) in [7, 11) is 1.99. The van der Waals surface area contributed by atoms with E-state index in [4.69, 9.17) is 5.10 Å². The van der Waals surface area contributed by atoms with Crippen molar-refractivity contribution >= 4 is 0 Å². The Hall–Kier alpha value is -1.68. The molecule has 0 aliphatic rings. The molecule has 102 valence electrons. The molecule has 2 aromatic heterocycles. The Morgan fingerprint density at radius 2 is 2.05 bits per heavy atom. The lowest BCUT2D eigenvalue weighted by Crippen LogP contribution is -2.12. The highest BCUT2D eigenvalue weighted by atomic mass is 15.3. The van der Waals surface area contributed by atoms with Crippen molar-refractivity contribution in [2.24, 2.45) is 0 Å². The molecule has 4 nitrogen and oxygen atoms in total. The van der Waals surface area contributed by atoms with Gasteiger partial charge in [0.15, 0.2) is 5.82 Å². The fourth-order valence-corrected chi connectivity index (χ4v) is 2.39. The lowest BCUT2D eigenvalue weighted by atomic mass is 10.1. The third-order valence-corrected chi connectivity index (χ3v) is 3.33. The van der Waals surface area contributed by atoms with Crippen LogP contribution in [0, 0.1) is 0 Å². The van der Waals surface area contributed by atoms with Crippen molar-refractivity contribution < 1.29 is 0 Å². The van der Waals surface area contributed by atoms with Gasteiger partial charge in [0.25, 0.3) is 0 Å². The molecule has 0 saturated carbocycles.